The quantitative estimate of drug-likeness (QED) is 0.459. The Kier molecular flexibility index (Phi) is 4.89. The van der Waals surface area contributed by atoms with Crippen LogP contribution in [0.4, 0.5) is 0 Å². The van der Waals surface area contributed by atoms with Crippen LogP contribution in [0.3, 0.4) is 0 Å². The zero-order chi connectivity index (χ0) is 11.1. The van der Waals surface area contributed by atoms with E-state index >= 15 is 0 Å². The number of thioether (sulfide) groups is 1. The van der Waals surface area contributed by atoms with Gasteiger partial charge < -0.3 is 9.72 Å². The molecule has 0 aliphatic rings. The summed E-state index contributed by atoms with van der Waals surface area (Å²) >= 11 is 1.15. The molecule has 0 fully saturated rings. The number of carbonyl (C=O) groups excluding carboxylic acids is 1. The predicted molar refractivity (Wildman–Crippen MR) is 56.8 cm³/mol. The zero-order valence-electron chi connectivity index (χ0n) is 8.36. The molecule has 1 rings (SSSR count). The van der Waals surface area contributed by atoms with Crippen molar-refractivity contribution in [3.8, 4) is 0 Å². The topological polar surface area (TPSA) is 72.0 Å². The van der Waals surface area contributed by atoms with Crippen LogP contribution >= 0.6 is 11.8 Å². The molecule has 0 saturated heterocycles. The van der Waals surface area contributed by atoms with Crippen molar-refractivity contribution in [1.29, 1.82) is 0 Å². The predicted octanol–water partition coefficient (Wildman–Crippen LogP) is 0.815. The molecule has 0 aromatic carbocycles. The van der Waals surface area contributed by atoms with Crippen LogP contribution in [0.1, 0.15) is 13.3 Å². The third-order valence-electron chi connectivity index (χ3n) is 1.44. The highest BCUT2D eigenvalue weighted by molar-refractivity contribution is 7.99. The van der Waals surface area contributed by atoms with Gasteiger partial charge >= 0.3 is 5.97 Å². The number of nitrogens with zero attached hydrogens (tertiary/aromatic N) is 1. The summed E-state index contributed by atoms with van der Waals surface area (Å²) in [7, 11) is 0. The molecule has 0 unspecified atom stereocenters. The average Bonchev–Trinajstić information content (AvgIpc) is 2.23. The minimum absolute atomic E-state index is 0.160. The van der Waals surface area contributed by atoms with Gasteiger partial charge in [0, 0.05) is 12.3 Å². The van der Waals surface area contributed by atoms with E-state index in [4.69, 9.17) is 4.74 Å². The maximum Gasteiger partial charge on any atom is 0.316 e. The van der Waals surface area contributed by atoms with Gasteiger partial charge in [0.25, 0.3) is 5.56 Å². The van der Waals surface area contributed by atoms with Crippen molar-refractivity contribution >= 4 is 17.7 Å². The highest BCUT2D eigenvalue weighted by Crippen LogP contribution is 2.09. The summed E-state index contributed by atoms with van der Waals surface area (Å²) < 4.78 is 4.86. The van der Waals surface area contributed by atoms with Crippen molar-refractivity contribution < 1.29 is 9.53 Å². The fraction of sp³-hybridized carbons (Fsp3) is 0.444. The van der Waals surface area contributed by atoms with Gasteiger partial charge in [0.1, 0.15) is 0 Å². The van der Waals surface area contributed by atoms with Crippen molar-refractivity contribution in [2.45, 2.75) is 18.5 Å². The van der Waals surface area contributed by atoms with Crippen LogP contribution in [0.5, 0.6) is 0 Å². The Morgan fingerprint density at radius 2 is 2.47 bits per heavy atom. The Morgan fingerprint density at radius 3 is 3.13 bits per heavy atom. The van der Waals surface area contributed by atoms with Crippen LogP contribution in [0.2, 0.25) is 0 Å². The lowest BCUT2D eigenvalue weighted by Crippen LogP contribution is -2.10. The van der Waals surface area contributed by atoms with E-state index in [1.807, 2.05) is 6.92 Å². The lowest BCUT2D eigenvalue weighted by molar-refractivity contribution is -0.140. The minimum Gasteiger partial charge on any atom is -0.465 e. The first-order valence-corrected chi connectivity index (χ1v) is 5.54. The molecule has 5 nitrogen and oxygen atoms in total. The van der Waals surface area contributed by atoms with Crippen LogP contribution in [-0.4, -0.2) is 28.3 Å². The van der Waals surface area contributed by atoms with Gasteiger partial charge in [0.05, 0.1) is 12.4 Å². The SMILES string of the molecule is CCCOC(=O)CSc1nccc(=O)[nH]1. The fourth-order valence-electron chi connectivity index (χ4n) is 0.810. The van der Waals surface area contributed by atoms with E-state index < -0.39 is 0 Å². The molecule has 0 aliphatic heterocycles. The lowest BCUT2D eigenvalue weighted by atomic mass is 10.5. The van der Waals surface area contributed by atoms with Gasteiger partial charge in [-0.05, 0) is 6.42 Å². The Bertz CT molecular complexity index is 378. The molecule has 0 spiro atoms. The third-order valence-corrected chi connectivity index (χ3v) is 2.30. The maximum atomic E-state index is 11.1. The van der Waals surface area contributed by atoms with E-state index in [0.717, 1.165) is 18.2 Å². The van der Waals surface area contributed by atoms with Gasteiger partial charge in [-0.1, -0.05) is 18.7 Å². The minimum atomic E-state index is -0.298. The number of aromatic amines is 1. The Labute approximate surface area is 91.3 Å². The van der Waals surface area contributed by atoms with Gasteiger partial charge in [-0.3, -0.25) is 9.59 Å². The van der Waals surface area contributed by atoms with Gasteiger partial charge in [0.15, 0.2) is 5.16 Å². The van der Waals surface area contributed by atoms with E-state index in [2.05, 4.69) is 9.97 Å². The number of hydrogen-bond donors (Lipinski definition) is 1. The fourth-order valence-corrected chi connectivity index (χ4v) is 1.46. The third kappa shape index (κ3) is 4.64. The molecule has 1 heterocycles. The first kappa shape index (κ1) is 11.8. The molecule has 0 saturated carbocycles. The van der Waals surface area contributed by atoms with Gasteiger partial charge in [-0.25, -0.2) is 4.98 Å². The molecule has 15 heavy (non-hydrogen) atoms. The number of hydrogen-bond acceptors (Lipinski definition) is 5. The van der Waals surface area contributed by atoms with Crippen LogP contribution in [-0.2, 0) is 9.53 Å². The van der Waals surface area contributed by atoms with Crippen molar-refractivity contribution in [3.05, 3.63) is 22.6 Å². The van der Waals surface area contributed by atoms with Gasteiger partial charge in [-0.2, -0.15) is 0 Å². The Hall–Kier alpha value is -1.30. The largest absolute Gasteiger partial charge is 0.465 e. The first-order chi connectivity index (χ1) is 7.22. The van der Waals surface area contributed by atoms with Crippen molar-refractivity contribution in [2.75, 3.05) is 12.4 Å². The summed E-state index contributed by atoms with van der Waals surface area (Å²) in [6, 6.07) is 1.32. The second-order valence-corrected chi connectivity index (χ2v) is 3.71. The van der Waals surface area contributed by atoms with Crippen LogP contribution in [0.15, 0.2) is 22.2 Å². The molecular formula is C9H12N2O3S. The number of aromatic nitrogens is 2. The molecular weight excluding hydrogens is 216 g/mol. The van der Waals surface area contributed by atoms with Crippen molar-refractivity contribution in [3.63, 3.8) is 0 Å². The lowest BCUT2D eigenvalue weighted by Gasteiger charge is -2.01. The molecule has 0 atom stereocenters. The smallest absolute Gasteiger partial charge is 0.316 e. The van der Waals surface area contributed by atoms with Crippen LogP contribution in [0.25, 0.3) is 0 Å². The molecule has 0 bridgehead atoms. The van der Waals surface area contributed by atoms with E-state index in [0.29, 0.717) is 11.8 Å². The van der Waals surface area contributed by atoms with E-state index in [1.165, 1.54) is 12.3 Å². The normalized spacial score (nSPS) is 9.93. The van der Waals surface area contributed by atoms with Crippen LogP contribution < -0.4 is 5.56 Å². The zero-order valence-corrected chi connectivity index (χ0v) is 9.17. The monoisotopic (exact) mass is 228 g/mol. The highest BCUT2D eigenvalue weighted by Gasteiger charge is 2.04. The summed E-state index contributed by atoms with van der Waals surface area (Å²) in [5, 5.41) is 0.427. The number of nitrogens with one attached hydrogen (secondary N) is 1. The molecule has 0 radical (unpaired) electrons. The van der Waals surface area contributed by atoms with E-state index in [-0.39, 0.29) is 17.3 Å². The standard InChI is InChI=1S/C9H12N2O3S/c1-2-5-14-8(13)6-15-9-10-4-3-7(12)11-9/h3-4H,2,5-6H2,1H3,(H,10,11,12). The summed E-state index contributed by atoms with van der Waals surface area (Å²) in [5.74, 6) is -0.138. The molecule has 82 valence electrons. The number of ether oxygens (including phenoxy) is 1. The van der Waals surface area contributed by atoms with Crippen molar-refractivity contribution in [2.24, 2.45) is 0 Å². The Morgan fingerprint density at radius 1 is 1.67 bits per heavy atom. The second kappa shape index (κ2) is 6.23. The molecule has 1 aromatic rings. The number of rotatable bonds is 5. The highest BCUT2D eigenvalue weighted by atomic mass is 32.2. The average molecular weight is 228 g/mol. The number of esters is 1. The molecule has 6 heteroatoms. The van der Waals surface area contributed by atoms with Gasteiger partial charge in [-0.15, -0.1) is 0 Å². The first-order valence-electron chi connectivity index (χ1n) is 4.56. The number of H-pyrrole nitrogens is 1. The molecule has 0 aliphatic carbocycles. The molecule has 1 aromatic heterocycles. The summed E-state index contributed by atoms with van der Waals surface area (Å²) in [4.78, 5) is 28.4. The van der Waals surface area contributed by atoms with Crippen molar-refractivity contribution in [1.82, 2.24) is 9.97 Å². The molecule has 0 amide bonds. The summed E-state index contributed by atoms with van der Waals surface area (Å²) in [6.45, 7) is 2.36. The van der Waals surface area contributed by atoms with E-state index in [9.17, 15) is 9.59 Å². The van der Waals surface area contributed by atoms with Crippen LogP contribution in [0, 0.1) is 0 Å². The molecule has 1 N–H and O–H groups in total. The second-order valence-electron chi connectivity index (χ2n) is 2.75. The Balaban J connectivity index is 2.37. The van der Waals surface area contributed by atoms with E-state index in [1.54, 1.807) is 0 Å². The van der Waals surface area contributed by atoms with Gasteiger partial charge in [0.2, 0.25) is 0 Å². The summed E-state index contributed by atoms with van der Waals surface area (Å²) in [5.41, 5.74) is -0.227. The summed E-state index contributed by atoms with van der Waals surface area (Å²) in [6.07, 6.45) is 2.20. The maximum absolute atomic E-state index is 11.1. The number of carbonyl (C=O) groups is 1.